The monoisotopic (exact) mass is 433 g/mol. The Morgan fingerprint density at radius 2 is 2.00 bits per heavy atom. The number of hydrogen-bond donors (Lipinski definition) is 2. The van der Waals surface area contributed by atoms with Gasteiger partial charge in [-0.15, -0.1) is 11.3 Å². The largest absolute Gasteiger partial charge is 0.348 e. The van der Waals surface area contributed by atoms with Gasteiger partial charge in [-0.3, -0.25) is 14.5 Å². The van der Waals surface area contributed by atoms with Crippen molar-refractivity contribution in [2.75, 3.05) is 6.54 Å². The third kappa shape index (κ3) is 3.20. The minimum atomic E-state index is -1.02. The van der Waals surface area contributed by atoms with Gasteiger partial charge in [-0.05, 0) is 54.0 Å². The molecule has 1 aliphatic heterocycles. The van der Waals surface area contributed by atoms with Crippen molar-refractivity contribution >= 4 is 40.0 Å². The predicted octanol–water partition coefficient (Wildman–Crippen LogP) is 3.86. The van der Waals surface area contributed by atoms with E-state index in [9.17, 15) is 14.4 Å². The van der Waals surface area contributed by atoms with Crippen molar-refractivity contribution in [1.29, 1.82) is 0 Å². The van der Waals surface area contributed by atoms with Crippen LogP contribution < -0.4 is 10.6 Å². The lowest BCUT2D eigenvalue weighted by molar-refractivity contribution is -0.135. The number of nitrogens with one attached hydrogen (secondary N) is 2. The number of carbonyl (C=O) groups is 3. The summed E-state index contributed by atoms with van der Waals surface area (Å²) >= 11 is 1.61. The highest BCUT2D eigenvalue weighted by molar-refractivity contribution is 7.10. The van der Waals surface area contributed by atoms with Crippen molar-refractivity contribution in [2.24, 2.45) is 0 Å². The lowest BCUT2D eigenvalue weighted by atomic mass is 9.80. The van der Waals surface area contributed by atoms with Gasteiger partial charge in [-0.1, -0.05) is 42.5 Å². The van der Waals surface area contributed by atoms with Crippen molar-refractivity contribution < 1.29 is 14.4 Å². The average molecular weight is 434 g/mol. The molecule has 0 saturated carbocycles. The molecule has 2 atom stereocenters. The molecule has 2 aliphatic rings. The fourth-order valence-electron chi connectivity index (χ4n) is 4.82. The van der Waals surface area contributed by atoms with Crippen molar-refractivity contribution in [3.05, 3.63) is 69.9 Å². The van der Waals surface area contributed by atoms with Crippen LogP contribution in [0.4, 0.5) is 4.79 Å². The number of carbonyl (C=O) groups excluding carboxylic acids is 3. The maximum Gasteiger partial charge on any atom is 0.325 e. The van der Waals surface area contributed by atoms with Crippen LogP contribution >= 0.6 is 11.3 Å². The maximum absolute atomic E-state index is 13.3. The third-order valence-electron chi connectivity index (χ3n) is 6.31. The van der Waals surface area contributed by atoms with E-state index in [0.717, 1.165) is 44.5 Å². The molecule has 6 nitrogen and oxygen atoms in total. The van der Waals surface area contributed by atoms with E-state index in [1.54, 1.807) is 11.3 Å². The molecule has 2 heterocycles. The Bertz CT molecular complexity index is 1200. The van der Waals surface area contributed by atoms with E-state index in [-0.39, 0.29) is 24.4 Å². The SMILES string of the molecule is C[C@@H](NC(=O)CN1C(=O)N[C@@]2(CCCc3sccc32)C1=O)c1cccc2ccccc12. The Morgan fingerprint density at radius 1 is 1.19 bits per heavy atom. The first-order chi connectivity index (χ1) is 15.0. The lowest BCUT2D eigenvalue weighted by Crippen LogP contribution is -2.47. The quantitative estimate of drug-likeness (QED) is 0.613. The van der Waals surface area contributed by atoms with Crippen LogP contribution in [0, 0.1) is 0 Å². The third-order valence-corrected chi connectivity index (χ3v) is 7.29. The van der Waals surface area contributed by atoms with E-state index in [1.165, 1.54) is 0 Å². The van der Waals surface area contributed by atoms with Gasteiger partial charge in [0.1, 0.15) is 12.1 Å². The summed E-state index contributed by atoms with van der Waals surface area (Å²) < 4.78 is 0. The van der Waals surface area contributed by atoms with Crippen LogP contribution in [0.2, 0.25) is 0 Å². The lowest BCUT2D eigenvalue weighted by Gasteiger charge is -2.31. The number of aryl methyl sites for hydroxylation is 1. The Morgan fingerprint density at radius 3 is 2.87 bits per heavy atom. The van der Waals surface area contributed by atoms with Crippen LogP contribution in [0.5, 0.6) is 0 Å². The molecule has 2 N–H and O–H groups in total. The van der Waals surface area contributed by atoms with Gasteiger partial charge in [-0.2, -0.15) is 0 Å². The molecule has 1 aromatic heterocycles. The molecule has 1 spiro atoms. The molecule has 0 bridgehead atoms. The standard InChI is InChI=1S/C24H23N3O3S/c1-15(17-9-4-7-16-6-2-3-8-18(16)17)25-21(28)14-27-22(29)24(26-23(27)30)12-5-10-20-19(24)11-13-31-20/h2-4,6-9,11,13,15H,5,10,12,14H2,1H3,(H,25,28)(H,26,30)/t15-,24-/m1/s1. The first kappa shape index (κ1) is 19.8. The highest BCUT2D eigenvalue weighted by atomic mass is 32.1. The zero-order valence-corrected chi connectivity index (χ0v) is 18.0. The normalized spacial score (nSPS) is 21.3. The maximum atomic E-state index is 13.3. The minimum Gasteiger partial charge on any atom is -0.348 e. The molecule has 31 heavy (non-hydrogen) atoms. The van der Waals surface area contributed by atoms with Crippen LogP contribution in [0.25, 0.3) is 10.8 Å². The van der Waals surface area contributed by atoms with Crippen LogP contribution in [-0.4, -0.2) is 29.3 Å². The predicted molar refractivity (Wildman–Crippen MR) is 120 cm³/mol. The van der Waals surface area contributed by atoms with Crippen molar-refractivity contribution in [1.82, 2.24) is 15.5 Å². The summed E-state index contributed by atoms with van der Waals surface area (Å²) in [6, 6.07) is 15.1. The number of nitrogens with zero attached hydrogens (tertiary/aromatic N) is 1. The number of rotatable bonds is 4. The molecule has 1 saturated heterocycles. The summed E-state index contributed by atoms with van der Waals surface area (Å²) in [5, 5.41) is 9.96. The molecule has 158 valence electrons. The summed E-state index contributed by atoms with van der Waals surface area (Å²) in [6.45, 7) is 1.62. The van der Waals surface area contributed by atoms with Crippen LogP contribution in [-0.2, 0) is 21.5 Å². The first-order valence-electron chi connectivity index (χ1n) is 10.5. The van der Waals surface area contributed by atoms with E-state index in [4.69, 9.17) is 0 Å². The number of fused-ring (bicyclic) bond motifs is 3. The summed E-state index contributed by atoms with van der Waals surface area (Å²) in [6.07, 6.45) is 2.31. The van der Waals surface area contributed by atoms with Gasteiger partial charge in [0, 0.05) is 10.4 Å². The second kappa shape index (κ2) is 7.50. The van der Waals surface area contributed by atoms with Gasteiger partial charge < -0.3 is 10.6 Å². The molecule has 5 rings (SSSR count). The zero-order valence-electron chi connectivity index (χ0n) is 17.2. The Balaban J connectivity index is 1.33. The fourth-order valence-corrected chi connectivity index (χ4v) is 5.82. The van der Waals surface area contributed by atoms with Crippen LogP contribution in [0.3, 0.4) is 0 Å². The number of amides is 4. The smallest absolute Gasteiger partial charge is 0.325 e. The first-order valence-corrected chi connectivity index (χ1v) is 11.4. The Labute approximate surface area is 184 Å². The number of thiophene rings is 1. The summed E-state index contributed by atoms with van der Waals surface area (Å²) in [5.41, 5.74) is 0.857. The molecule has 0 radical (unpaired) electrons. The molecular weight excluding hydrogens is 410 g/mol. The highest BCUT2D eigenvalue weighted by Crippen LogP contribution is 2.42. The topological polar surface area (TPSA) is 78.5 Å². The molecular formula is C24H23N3O3S. The second-order valence-electron chi connectivity index (χ2n) is 8.20. The summed E-state index contributed by atoms with van der Waals surface area (Å²) in [4.78, 5) is 40.9. The molecule has 1 fully saturated rings. The van der Waals surface area contributed by atoms with Crippen molar-refractivity contribution in [3.8, 4) is 0 Å². The molecule has 7 heteroatoms. The Kier molecular flexibility index (Phi) is 4.78. The minimum absolute atomic E-state index is 0.258. The van der Waals surface area contributed by atoms with Gasteiger partial charge in [-0.25, -0.2) is 4.79 Å². The average Bonchev–Trinajstić information content (AvgIpc) is 3.34. The van der Waals surface area contributed by atoms with Crippen LogP contribution in [0.15, 0.2) is 53.9 Å². The van der Waals surface area contributed by atoms with Gasteiger partial charge in [0.25, 0.3) is 5.91 Å². The van der Waals surface area contributed by atoms with E-state index in [1.807, 2.05) is 60.8 Å². The van der Waals surface area contributed by atoms with Gasteiger partial charge in [0.15, 0.2) is 0 Å². The molecule has 0 unspecified atom stereocenters. The molecule has 4 amide bonds. The van der Waals surface area contributed by atoms with Crippen molar-refractivity contribution in [3.63, 3.8) is 0 Å². The number of benzene rings is 2. The van der Waals surface area contributed by atoms with E-state index >= 15 is 0 Å². The van der Waals surface area contributed by atoms with E-state index in [0.29, 0.717) is 6.42 Å². The van der Waals surface area contributed by atoms with Crippen LogP contribution in [0.1, 0.15) is 41.8 Å². The van der Waals surface area contributed by atoms with Gasteiger partial charge in [0.05, 0.1) is 6.04 Å². The highest BCUT2D eigenvalue weighted by Gasteiger charge is 2.54. The van der Waals surface area contributed by atoms with Gasteiger partial charge in [0.2, 0.25) is 5.91 Å². The Hall–Kier alpha value is -3.19. The molecule has 2 aromatic carbocycles. The van der Waals surface area contributed by atoms with E-state index < -0.39 is 11.6 Å². The fraction of sp³-hybridized carbons (Fsp3) is 0.292. The summed E-state index contributed by atoms with van der Waals surface area (Å²) in [5.74, 6) is -0.688. The number of imide groups is 1. The number of urea groups is 1. The van der Waals surface area contributed by atoms with Gasteiger partial charge >= 0.3 is 6.03 Å². The summed E-state index contributed by atoms with van der Waals surface area (Å²) in [7, 11) is 0. The molecule has 3 aromatic rings. The number of hydrogen-bond acceptors (Lipinski definition) is 4. The second-order valence-corrected chi connectivity index (χ2v) is 9.20. The van der Waals surface area contributed by atoms with Crippen molar-refractivity contribution in [2.45, 2.75) is 37.8 Å². The zero-order chi connectivity index (χ0) is 21.6. The van der Waals surface area contributed by atoms with E-state index in [2.05, 4.69) is 10.6 Å². The molecule has 1 aliphatic carbocycles.